The van der Waals surface area contributed by atoms with E-state index in [1.54, 1.807) is 76.1 Å². The van der Waals surface area contributed by atoms with Crippen molar-refractivity contribution in [1.29, 1.82) is 0 Å². The molecule has 0 atom stereocenters. The molecule has 0 N–H and O–H groups in total. The van der Waals surface area contributed by atoms with Crippen molar-refractivity contribution in [3.63, 3.8) is 0 Å². The second kappa shape index (κ2) is 12.3. The third kappa shape index (κ3) is 4.66. The first-order chi connectivity index (χ1) is 35.4. The predicted octanol–water partition coefficient (Wildman–Crippen LogP) is 11.9. The van der Waals surface area contributed by atoms with Crippen LogP contribution in [0.15, 0.2) is 188 Å². The zero-order chi connectivity index (χ0) is 52.2. The maximum absolute atomic E-state index is 10.2. The topological polar surface area (TPSA) is 66.3 Å². The molecule has 57 heavy (non-hydrogen) atoms. The van der Waals surface area contributed by atoms with Crippen LogP contribution in [0, 0.1) is 0 Å². The first kappa shape index (κ1) is 19.1. The molecule has 0 amide bonds. The van der Waals surface area contributed by atoms with Gasteiger partial charge in [0.25, 0.3) is 0 Å². The normalized spacial score (nSPS) is 16.0. The summed E-state index contributed by atoms with van der Waals surface area (Å²) in [7, 11) is 0. The van der Waals surface area contributed by atoms with Gasteiger partial charge in [0, 0.05) is 45.1 Å². The summed E-state index contributed by atoms with van der Waals surface area (Å²) in [5, 5.41) is 0.585. The van der Waals surface area contributed by atoms with Gasteiger partial charge in [-0.3, -0.25) is 14.5 Å². The second-order valence-corrected chi connectivity index (χ2v) is 13.0. The van der Waals surface area contributed by atoms with E-state index in [0.29, 0.717) is 43.9 Å². The fraction of sp³-hybridized carbons (Fsp3) is 0. The zero-order valence-electron chi connectivity index (χ0n) is 46.2. The highest BCUT2D eigenvalue weighted by Crippen LogP contribution is 2.42. The van der Waals surface area contributed by atoms with Gasteiger partial charge in [0.1, 0.15) is 0 Å². The second-order valence-electron chi connectivity index (χ2n) is 13.0. The highest BCUT2D eigenvalue weighted by atomic mass is 15.2. The summed E-state index contributed by atoms with van der Waals surface area (Å²) in [6.45, 7) is 0. The molecule has 0 bridgehead atoms. The zero-order valence-corrected chi connectivity index (χ0v) is 29.2. The Hall–Kier alpha value is -7.90. The van der Waals surface area contributed by atoms with Gasteiger partial charge in [-0.25, -0.2) is 9.97 Å². The molecule has 0 saturated heterocycles. The SMILES string of the molecule is [2H]c1c(-c2c([2H])c([2H])c([2H])c([2H])c2[2H])nc(-n2c3c([2H])c([2H])c([2H])c([2H])c3c3c([2H])c([2H])c([2H])c([2H])c32)nc1-c1c([2H])c([2H])c([2H])c(-n2c3ccccc3c3ncccc32)c1-n1c2ccccc2c2ncccc21. The van der Waals surface area contributed by atoms with Gasteiger partial charge < -0.3 is 9.13 Å². The van der Waals surface area contributed by atoms with Crippen molar-refractivity contribution < 1.29 is 23.3 Å². The summed E-state index contributed by atoms with van der Waals surface area (Å²) in [5.41, 5.74) is -0.0981. The molecule has 0 fully saturated rings. The van der Waals surface area contributed by atoms with Crippen LogP contribution < -0.4 is 0 Å². The number of fused-ring (bicyclic) bond motifs is 9. The molecule has 0 aliphatic rings. The van der Waals surface area contributed by atoms with Crippen LogP contribution in [0.25, 0.3) is 106 Å². The molecule has 6 aromatic carbocycles. The summed E-state index contributed by atoms with van der Waals surface area (Å²) in [5.74, 6) is -0.675. The van der Waals surface area contributed by atoms with E-state index in [1.807, 2.05) is 18.2 Å². The smallest absolute Gasteiger partial charge is 0.235 e. The molecular weight excluding hydrogens is 699 g/mol. The van der Waals surface area contributed by atoms with Gasteiger partial charge in [-0.15, -0.1) is 0 Å². The van der Waals surface area contributed by atoms with E-state index >= 15 is 0 Å². The molecule has 0 radical (unpaired) electrons. The number of para-hydroxylation sites is 5. The molecule has 0 aliphatic carbocycles. The number of aromatic nitrogens is 7. The van der Waals surface area contributed by atoms with Crippen molar-refractivity contribution in [3.8, 4) is 39.8 Å². The first-order valence-corrected chi connectivity index (χ1v) is 17.7. The first-order valence-electron chi connectivity index (χ1n) is 26.2. The third-order valence-corrected chi connectivity index (χ3v) is 10.00. The van der Waals surface area contributed by atoms with E-state index in [0.717, 1.165) is 4.57 Å². The molecule has 0 aliphatic heterocycles. The quantitative estimate of drug-likeness (QED) is 0.176. The van der Waals surface area contributed by atoms with Gasteiger partial charge in [0.15, 0.2) is 0 Å². The van der Waals surface area contributed by atoms with Crippen molar-refractivity contribution in [2.75, 3.05) is 0 Å². The molecule has 0 spiro atoms. The van der Waals surface area contributed by atoms with Crippen LogP contribution in [0.4, 0.5) is 0 Å². The lowest BCUT2D eigenvalue weighted by Crippen LogP contribution is -2.08. The molecule has 0 saturated carbocycles. The van der Waals surface area contributed by atoms with E-state index in [4.69, 9.17) is 30.0 Å². The van der Waals surface area contributed by atoms with E-state index < -0.39 is 137 Å². The standard InChI is InChI=1S/C50H31N7/c1-2-15-32(16-3-1)38-31-39(54-50(53-38)57-40-22-8-4-17-33(40)34-18-5-9-23-41(34)57)35-21-12-26-46(55-42-24-10-6-19-36(42)47-44(55)27-13-29-51-47)49(35)56-43-25-11-7-20-37(43)48-45(56)28-14-30-52-48/h1-31H/i1D,2D,3D,4D,5D,8D,9D,12D,15D,16D,17D,18D,21D,22D,23D,26D,31D. The van der Waals surface area contributed by atoms with Crippen molar-refractivity contribution in [1.82, 2.24) is 33.6 Å². The molecule has 7 nitrogen and oxygen atoms in total. The van der Waals surface area contributed by atoms with Crippen molar-refractivity contribution in [3.05, 3.63) is 188 Å². The monoisotopic (exact) mass is 746 g/mol. The molecule has 6 heterocycles. The van der Waals surface area contributed by atoms with Crippen molar-refractivity contribution in [2.24, 2.45) is 0 Å². The molecule has 6 aromatic heterocycles. The lowest BCUT2D eigenvalue weighted by molar-refractivity contribution is 0.993. The molecule has 0 unspecified atom stereocenters. The fourth-order valence-corrected chi connectivity index (χ4v) is 7.71. The minimum atomic E-state index is -0.813. The molecule has 12 rings (SSSR count). The highest BCUT2D eigenvalue weighted by molar-refractivity contribution is 6.11. The average molecular weight is 747 g/mol. The maximum atomic E-state index is 10.2. The van der Waals surface area contributed by atoms with Crippen LogP contribution in [-0.2, 0) is 0 Å². The van der Waals surface area contributed by atoms with Crippen LogP contribution in [0.2, 0.25) is 0 Å². The summed E-state index contributed by atoms with van der Waals surface area (Å²) < 4.78 is 160. The van der Waals surface area contributed by atoms with Crippen LogP contribution in [0.1, 0.15) is 23.3 Å². The Labute approximate surface area is 350 Å². The number of hydrogen-bond donors (Lipinski definition) is 0. The highest BCUT2D eigenvalue weighted by Gasteiger charge is 2.25. The van der Waals surface area contributed by atoms with E-state index in [9.17, 15) is 8.22 Å². The summed E-state index contributed by atoms with van der Waals surface area (Å²) in [4.78, 5) is 19.1. The summed E-state index contributed by atoms with van der Waals surface area (Å²) >= 11 is 0. The minimum Gasteiger partial charge on any atom is -0.305 e. The van der Waals surface area contributed by atoms with Gasteiger partial charge in [-0.05, 0) is 60.6 Å². The molecule has 7 heteroatoms. The minimum absolute atomic E-state index is 0.00396. The van der Waals surface area contributed by atoms with Crippen LogP contribution in [0.3, 0.4) is 0 Å². The Morgan fingerprint density at radius 3 is 1.67 bits per heavy atom. The molecular formula is C50H31N7. The Bertz CT molecular complexity index is 4330. The molecule has 12 aromatic rings. The molecule has 266 valence electrons. The van der Waals surface area contributed by atoms with Crippen molar-refractivity contribution >= 4 is 65.7 Å². The van der Waals surface area contributed by atoms with E-state index in [-0.39, 0.29) is 27.7 Å². The predicted molar refractivity (Wildman–Crippen MR) is 232 cm³/mol. The van der Waals surface area contributed by atoms with Crippen molar-refractivity contribution in [2.45, 2.75) is 0 Å². The number of hydrogen-bond acceptors (Lipinski definition) is 4. The van der Waals surface area contributed by atoms with Gasteiger partial charge in [0.2, 0.25) is 5.95 Å². The third-order valence-electron chi connectivity index (χ3n) is 10.00. The van der Waals surface area contributed by atoms with Crippen LogP contribution in [0.5, 0.6) is 0 Å². The van der Waals surface area contributed by atoms with E-state index in [2.05, 4.69) is 4.98 Å². The van der Waals surface area contributed by atoms with E-state index in [1.165, 1.54) is 0 Å². The Morgan fingerprint density at radius 1 is 0.421 bits per heavy atom. The number of benzene rings is 6. The lowest BCUT2D eigenvalue weighted by Gasteiger charge is -2.21. The van der Waals surface area contributed by atoms with Crippen LogP contribution >= 0.6 is 0 Å². The van der Waals surface area contributed by atoms with Gasteiger partial charge in [-0.1, -0.05) is 115 Å². The average Bonchev–Trinajstić information content (AvgIpc) is 4.06. The largest absolute Gasteiger partial charge is 0.305 e. The van der Waals surface area contributed by atoms with Gasteiger partial charge in [-0.2, -0.15) is 0 Å². The number of nitrogens with zero attached hydrogens (tertiary/aromatic N) is 7. The Balaban J connectivity index is 1.37. The van der Waals surface area contributed by atoms with Crippen LogP contribution in [-0.4, -0.2) is 33.6 Å². The summed E-state index contributed by atoms with van der Waals surface area (Å²) in [6, 6.07) is 9.00. The summed E-state index contributed by atoms with van der Waals surface area (Å²) in [6.07, 6.45) is 3.21. The van der Waals surface area contributed by atoms with Gasteiger partial charge in [0.05, 0.1) is 90.2 Å². The lowest BCUT2D eigenvalue weighted by atomic mass is 10.0. The Morgan fingerprint density at radius 2 is 0.982 bits per heavy atom. The number of pyridine rings is 2. The maximum Gasteiger partial charge on any atom is 0.235 e. The van der Waals surface area contributed by atoms with Gasteiger partial charge >= 0.3 is 0 Å². The number of rotatable bonds is 5. The fourth-order valence-electron chi connectivity index (χ4n) is 7.71. The Kier molecular flexibility index (Phi) is 4.13.